The lowest BCUT2D eigenvalue weighted by molar-refractivity contribution is 0.0927. The maximum atomic E-state index is 12.8. The van der Waals surface area contributed by atoms with E-state index in [1.165, 1.54) is 25.6 Å². The number of carbonyl (C=O) groups excluding carboxylic acids is 1. The highest BCUT2D eigenvalue weighted by Gasteiger charge is 2.17. The van der Waals surface area contributed by atoms with Gasteiger partial charge in [-0.2, -0.15) is 0 Å². The van der Waals surface area contributed by atoms with Crippen LogP contribution >= 0.6 is 0 Å². The molecule has 1 heterocycles. The van der Waals surface area contributed by atoms with Crippen LogP contribution in [-0.4, -0.2) is 36.1 Å². The van der Waals surface area contributed by atoms with E-state index in [9.17, 15) is 4.79 Å². The SMILES string of the molecule is COc1cc2ncnc(Nc3ccc(Oc4cccc(C(=O)NC5CCCCC5)c4)c(C)c3)c2cc1OC. The number of aryl methyl sites for hydroxylation is 1. The van der Waals surface area contributed by atoms with E-state index in [2.05, 4.69) is 20.6 Å². The van der Waals surface area contributed by atoms with Gasteiger partial charge in [-0.15, -0.1) is 0 Å². The van der Waals surface area contributed by atoms with Crippen molar-refractivity contribution in [2.75, 3.05) is 19.5 Å². The molecule has 2 N–H and O–H groups in total. The lowest BCUT2D eigenvalue weighted by atomic mass is 9.95. The zero-order chi connectivity index (χ0) is 26.5. The first-order valence-electron chi connectivity index (χ1n) is 12.9. The molecular formula is C30H32N4O4. The van der Waals surface area contributed by atoms with Crippen molar-refractivity contribution >= 4 is 28.3 Å². The van der Waals surface area contributed by atoms with E-state index in [1.807, 2.05) is 55.5 Å². The summed E-state index contributed by atoms with van der Waals surface area (Å²) in [5, 5.41) is 7.35. The van der Waals surface area contributed by atoms with Crippen molar-refractivity contribution in [3.8, 4) is 23.0 Å². The van der Waals surface area contributed by atoms with Crippen molar-refractivity contribution in [3.63, 3.8) is 0 Å². The molecule has 0 aliphatic heterocycles. The smallest absolute Gasteiger partial charge is 0.251 e. The molecule has 4 aromatic rings. The van der Waals surface area contributed by atoms with Crippen LogP contribution in [0.25, 0.3) is 10.9 Å². The number of fused-ring (bicyclic) bond motifs is 1. The summed E-state index contributed by atoms with van der Waals surface area (Å²) in [4.78, 5) is 21.6. The summed E-state index contributed by atoms with van der Waals surface area (Å²) in [6.07, 6.45) is 7.21. The van der Waals surface area contributed by atoms with Crippen LogP contribution in [0.15, 0.2) is 60.9 Å². The summed E-state index contributed by atoms with van der Waals surface area (Å²) in [5.41, 5.74) is 3.13. The number of ether oxygens (including phenoxy) is 3. The summed E-state index contributed by atoms with van der Waals surface area (Å²) >= 11 is 0. The third kappa shape index (κ3) is 5.64. The molecule has 8 nitrogen and oxygen atoms in total. The van der Waals surface area contributed by atoms with Gasteiger partial charge < -0.3 is 24.8 Å². The Kier molecular flexibility index (Phi) is 7.58. The standard InChI is InChI=1S/C30H32N4O4/c1-19-14-22(33-29-24-16-27(36-2)28(37-3)17-25(24)31-18-32-29)12-13-26(19)38-23-11-7-8-20(15-23)30(35)34-21-9-5-4-6-10-21/h7-8,11-18,21H,4-6,9-10H2,1-3H3,(H,34,35)(H,31,32,33). The highest BCUT2D eigenvalue weighted by atomic mass is 16.5. The van der Waals surface area contributed by atoms with Gasteiger partial charge in [0.2, 0.25) is 0 Å². The number of hydrogen-bond acceptors (Lipinski definition) is 7. The van der Waals surface area contributed by atoms with Gasteiger partial charge in [0.25, 0.3) is 5.91 Å². The number of nitrogens with one attached hydrogen (secondary N) is 2. The number of nitrogens with zero attached hydrogens (tertiary/aromatic N) is 2. The highest BCUT2D eigenvalue weighted by molar-refractivity contribution is 5.95. The Labute approximate surface area is 222 Å². The first kappa shape index (κ1) is 25.3. The summed E-state index contributed by atoms with van der Waals surface area (Å²) in [7, 11) is 3.19. The second-order valence-corrected chi connectivity index (χ2v) is 9.49. The molecule has 1 saturated carbocycles. The molecule has 1 fully saturated rings. The van der Waals surface area contributed by atoms with Gasteiger partial charge in [0.15, 0.2) is 11.5 Å². The van der Waals surface area contributed by atoms with E-state index in [0.717, 1.165) is 35.0 Å². The number of rotatable bonds is 8. The molecule has 1 aliphatic carbocycles. The van der Waals surface area contributed by atoms with Crippen molar-refractivity contribution in [2.45, 2.75) is 45.1 Å². The van der Waals surface area contributed by atoms with E-state index in [4.69, 9.17) is 14.2 Å². The molecule has 0 radical (unpaired) electrons. The van der Waals surface area contributed by atoms with Gasteiger partial charge in [-0.3, -0.25) is 4.79 Å². The van der Waals surface area contributed by atoms with Crippen LogP contribution in [0.4, 0.5) is 11.5 Å². The number of amides is 1. The molecule has 0 atom stereocenters. The minimum Gasteiger partial charge on any atom is -0.493 e. The number of methoxy groups -OCH3 is 2. The molecule has 3 aromatic carbocycles. The van der Waals surface area contributed by atoms with Gasteiger partial charge in [-0.05, 0) is 67.8 Å². The summed E-state index contributed by atoms with van der Waals surface area (Å²) in [5.74, 6) is 3.14. The second-order valence-electron chi connectivity index (χ2n) is 9.49. The molecule has 0 saturated heterocycles. The van der Waals surface area contributed by atoms with Crippen LogP contribution in [0.2, 0.25) is 0 Å². The average molecular weight is 513 g/mol. The van der Waals surface area contributed by atoms with Crippen molar-refractivity contribution in [1.29, 1.82) is 0 Å². The number of carbonyl (C=O) groups is 1. The van der Waals surface area contributed by atoms with E-state index < -0.39 is 0 Å². The zero-order valence-corrected chi connectivity index (χ0v) is 21.9. The molecule has 1 aliphatic rings. The predicted octanol–water partition coefficient (Wildman–Crippen LogP) is 6.55. The Morgan fingerprint density at radius 1 is 0.895 bits per heavy atom. The van der Waals surface area contributed by atoms with Crippen molar-refractivity contribution in [3.05, 3.63) is 72.1 Å². The summed E-state index contributed by atoms with van der Waals surface area (Å²) in [6, 6.07) is 17.1. The van der Waals surface area contributed by atoms with E-state index in [1.54, 1.807) is 20.3 Å². The van der Waals surface area contributed by atoms with Gasteiger partial charge in [0.1, 0.15) is 23.6 Å². The van der Waals surface area contributed by atoms with Gasteiger partial charge in [0, 0.05) is 28.7 Å². The molecule has 0 bridgehead atoms. The van der Waals surface area contributed by atoms with E-state index in [0.29, 0.717) is 34.4 Å². The second kappa shape index (κ2) is 11.4. The fourth-order valence-corrected chi connectivity index (χ4v) is 4.80. The molecule has 38 heavy (non-hydrogen) atoms. The Morgan fingerprint density at radius 2 is 1.68 bits per heavy atom. The Morgan fingerprint density at radius 3 is 2.45 bits per heavy atom. The number of hydrogen-bond donors (Lipinski definition) is 2. The summed E-state index contributed by atoms with van der Waals surface area (Å²) in [6.45, 7) is 1.98. The van der Waals surface area contributed by atoms with Gasteiger partial charge in [0.05, 0.1) is 19.7 Å². The third-order valence-electron chi connectivity index (χ3n) is 6.84. The maximum Gasteiger partial charge on any atom is 0.251 e. The van der Waals surface area contributed by atoms with Crippen molar-refractivity contribution in [1.82, 2.24) is 15.3 Å². The Balaban J connectivity index is 1.31. The van der Waals surface area contributed by atoms with Crippen molar-refractivity contribution < 1.29 is 19.0 Å². The number of aromatic nitrogens is 2. The van der Waals surface area contributed by atoms with Gasteiger partial charge in [-0.25, -0.2) is 9.97 Å². The number of anilines is 2. The van der Waals surface area contributed by atoms with Gasteiger partial charge in [-0.1, -0.05) is 25.3 Å². The first-order valence-corrected chi connectivity index (χ1v) is 12.9. The zero-order valence-electron chi connectivity index (χ0n) is 21.9. The van der Waals surface area contributed by atoms with Crippen LogP contribution in [-0.2, 0) is 0 Å². The fourth-order valence-electron chi connectivity index (χ4n) is 4.80. The lowest BCUT2D eigenvalue weighted by Gasteiger charge is -2.22. The average Bonchev–Trinajstić information content (AvgIpc) is 2.94. The van der Waals surface area contributed by atoms with Crippen LogP contribution in [0.5, 0.6) is 23.0 Å². The van der Waals surface area contributed by atoms with Crippen molar-refractivity contribution in [2.24, 2.45) is 0 Å². The fraction of sp³-hybridized carbons (Fsp3) is 0.300. The van der Waals surface area contributed by atoms with Crippen LogP contribution in [0, 0.1) is 6.92 Å². The molecule has 1 aromatic heterocycles. The molecule has 196 valence electrons. The Bertz CT molecular complexity index is 1450. The minimum absolute atomic E-state index is 0.0510. The van der Waals surface area contributed by atoms with Gasteiger partial charge >= 0.3 is 0 Å². The molecule has 5 rings (SSSR count). The first-order chi connectivity index (χ1) is 18.5. The largest absolute Gasteiger partial charge is 0.493 e. The lowest BCUT2D eigenvalue weighted by Crippen LogP contribution is -2.36. The highest BCUT2D eigenvalue weighted by Crippen LogP contribution is 2.35. The summed E-state index contributed by atoms with van der Waals surface area (Å²) < 4.78 is 17.0. The molecule has 0 unspecified atom stereocenters. The predicted molar refractivity (Wildman–Crippen MR) is 148 cm³/mol. The minimum atomic E-state index is -0.0510. The molecule has 0 spiro atoms. The van der Waals surface area contributed by atoms with Crippen LogP contribution < -0.4 is 24.8 Å². The van der Waals surface area contributed by atoms with E-state index in [-0.39, 0.29) is 11.9 Å². The quantitative estimate of drug-likeness (QED) is 0.276. The Hall–Kier alpha value is -4.33. The van der Waals surface area contributed by atoms with Crippen LogP contribution in [0.1, 0.15) is 48.0 Å². The normalized spacial score (nSPS) is 13.7. The molecule has 8 heteroatoms. The molecular weight excluding hydrogens is 480 g/mol. The topological polar surface area (TPSA) is 94.6 Å². The third-order valence-corrected chi connectivity index (χ3v) is 6.84. The van der Waals surface area contributed by atoms with Crippen LogP contribution in [0.3, 0.4) is 0 Å². The molecule has 1 amide bonds. The number of benzene rings is 3. The maximum absolute atomic E-state index is 12.8. The van der Waals surface area contributed by atoms with E-state index >= 15 is 0 Å². The monoisotopic (exact) mass is 512 g/mol.